The van der Waals surface area contributed by atoms with Gasteiger partial charge in [-0.05, 0) is 18.9 Å². The molecular formula is C9H14N2O2. The number of aryl methyl sites for hydroxylation is 1. The van der Waals surface area contributed by atoms with E-state index in [4.69, 9.17) is 0 Å². The summed E-state index contributed by atoms with van der Waals surface area (Å²) in [7, 11) is 0. The molecule has 4 nitrogen and oxygen atoms in total. The highest BCUT2D eigenvalue weighted by molar-refractivity contribution is 5.02. The van der Waals surface area contributed by atoms with E-state index in [9.17, 15) is 9.90 Å². The van der Waals surface area contributed by atoms with Crippen molar-refractivity contribution < 1.29 is 5.11 Å². The number of hydrogen-bond donors (Lipinski definition) is 1. The lowest BCUT2D eigenvalue weighted by molar-refractivity contribution is 0.143. The molecule has 13 heavy (non-hydrogen) atoms. The lowest BCUT2D eigenvalue weighted by Gasteiger charge is -2.08. The molecule has 4 heteroatoms. The first-order valence-corrected chi connectivity index (χ1v) is 4.35. The molecule has 0 aliphatic heterocycles. The Kier molecular flexibility index (Phi) is 3.19. The minimum absolute atomic E-state index is 0.160. The van der Waals surface area contributed by atoms with Crippen LogP contribution in [0.1, 0.15) is 18.9 Å². The molecule has 1 aromatic rings. The highest BCUT2D eigenvalue weighted by atomic mass is 16.3. The second-order valence-corrected chi connectivity index (χ2v) is 3.12. The molecule has 72 valence electrons. The molecule has 0 fully saturated rings. The van der Waals surface area contributed by atoms with Gasteiger partial charge in [-0.15, -0.1) is 0 Å². The molecule has 0 amide bonds. The van der Waals surface area contributed by atoms with Crippen molar-refractivity contribution in [3.63, 3.8) is 0 Å². The van der Waals surface area contributed by atoms with Crippen LogP contribution in [0.25, 0.3) is 0 Å². The van der Waals surface area contributed by atoms with Crippen LogP contribution >= 0.6 is 0 Å². The standard InChI is InChI=1S/C9H14N2O2/c1-3-8(12)6-11-9(13)4-7(2)5-10-11/h4-5,8,12H,3,6H2,1-2H3. The van der Waals surface area contributed by atoms with Crippen LogP contribution in [-0.2, 0) is 6.54 Å². The van der Waals surface area contributed by atoms with Crippen LogP contribution < -0.4 is 5.56 Å². The Morgan fingerprint density at radius 2 is 2.38 bits per heavy atom. The molecule has 1 atom stereocenters. The Balaban J connectivity index is 2.84. The molecule has 1 aromatic heterocycles. The first-order valence-electron chi connectivity index (χ1n) is 4.35. The van der Waals surface area contributed by atoms with Crippen LogP contribution in [0.4, 0.5) is 0 Å². The Morgan fingerprint density at radius 3 is 2.92 bits per heavy atom. The van der Waals surface area contributed by atoms with Gasteiger partial charge in [0.25, 0.3) is 5.56 Å². The number of rotatable bonds is 3. The van der Waals surface area contributed by atoms with Crippen molar-refractivity contribution in [2.75, 3.05) is 0 Å². The SMILES string of the molecule is CCC(O)Cn1ncc(C)cc1=O. The van der Waals surface area contributed by atoms with Crippen molar-refractivity contribution in [3.05, 3.63) is 28.2 Å². The first kappa shape index (κ1) is 9.92. The van der Waals surface area contributed by atoms with Gasteiger partial charge < -0.3 is 5.11 Å². The van der Waals surface area contributed by atoms with Crippen LogP contribution in [0, 0.1) is 6.92 Å². The van der Waals surface area contributed by atoms with E-state index in [0.717, 1.165) is 5.56 Å². The largest absolute Gasteiger partial charge is 0.391 e. The summed E-state index contributed by atoms with van der Waals surface area (Å²) >= 11 is 0. The fraction of sp³-hybridized carbons (Fsp3) is 0.556. The van der Waals surface area contributed by atoms with Crippen molar-refractivity contribution in [2.45, 2.75) is 32.9 Å². The number of aromatic nitrogens is 2. The van der Waals surface area contributed by atoms with Gasteiger partial charge in [-0.25, -0.2) is 4.68 Å². The van der Waals surface area contributed by atoms with E-state index in [1.54, 1.807) is 6.20 Å². The van der Waals surface area contributed by atoms with Crippen LogP contribution in [-0.4, -0.2) is 21.0 Å². The quantitative estimate of drug-likeness (QED) is 0.732. The van der Waals surface area contributed by atoms with Crippen molar-refractivity contribution in [3.8, 4) is 0 Å². The predicted octanol–water partition coefficient (Wildman–Crippen LogP) is 0.323. The van der Waals surface area contributed by atoms with Crippen LogP contribution in [0.2, 0.25) is 0 Å². The Labute approximate surface area is 76.8 Å². The van der Waals surface area contributed by atoms with Gasteiger partial charge in [-0.3, -0.25) is 4.79 Å². The van der Waals surface area contributed by atoms with E-state index in [1.807, 2.05) is 13.8 Å². The molecule has 1 unspecified atom stereocenters. The predicted molar refractivity (Wildman–Crippen MR) is 49.5 cm³/mol. The second kappa shape index (κ2) is 4.18. The van der Waals surface area contributed by atoms with E-state index in [1.165, 1.54) is 10.7 Å². The van der Waals surface area contributed by atoms with Crippen molar-refractivity contribution >= 4 is 0 Å². The third-order valence-corrected chi connectivity index (χ3v) is 1.86. The zero-order valence-electron chi connectivity index (χ0n) is 7.90. The van der Waals surface area contributed by atoms with Gasteiger partial charge in [-0.2, -0.15) is 5.10 Å². The monoisotopic (exact) mass is 182 g/mol. The molecule has 0 radical (unpaired) electrons. The van der Waals surface area contributed by atoms with Gasteiger partial charge in [0.1, 0.15) is 0 Å². The molecule has 0 saturated carbocycles. The summed E-state index contributed by atoms with van der Waals surface area (Å²) in [5.41, 5.74) is 0.680. The second-order valence-electron chi connectivity index (χ2n) is 3.12. The lowest BCUT2D eigenvalue weighted by Crippen LogP contribution is -2.27. The van der Waals surface area contributed by atoms with Crippen molar-refractivity contribution in [1.29, 1.82) is 0 Å². The normalized spacial score (nSPS) is 12.8. The summed E-state index contributed by atoms with van der Waals surface area (Å²) in [6, 6.07) is 1.51. The maximum atomic E-state index is 11.3. The molecular weight excluding hydrogens is 168 g/mol. The number of nitrogens with zero attached hydrogens (tertiary/aromatic N) is 2. The minimum Gasteiger partial charge on any atom is -0.391 e. The number of hydrogen-bond acceptors (Lipinski definition) is 3. The minimum atomic E-state index is -0.493. The molecule has 0 saturated heterocycles. The zero-order chi connectivity index (χ0) is 9.84. The highest BCUT2D eigenvalue weighted by Gasteiger charge is 2.04. The molecule has 0 bridgehead atoms. The molecule has 1 N–H and O–H groups in total. The van der Waals surface area contributed by atoms with E-state index in [-0.39, 0.29) is 12.1 Å². The fourth-order valence-electron chi connectivity index (χ4n) is 0.990. The van der Waals surface area contributed by atoms with E-state index < -0.39 is 6.10 Å². The summed E-state index contributed by atoms with van der Waals surface area (Å²) in [4.78, 5) is 11.3. The maximum absolute atomic E-state index is 11.3. The Bertz CT molecular complexity index is 333. The summed E-state index contributed by atoms with van der Waals surface area (Å²) < 4.78 is 1.28. The first-order chi connectivity index (χ1) is 6.13. The average Bonchev–Trinajstić information content (AvgIpc) is 2.09. The average molecular weight is 182 g/mol. The molecule has 0 aliphatic carbocycles. The topological polar surface area (TPSA) is 55.1 Å². The summed E-state index contributed by atoms with van der Waals surface area (Å²) in [5.74, 6) is 0. The van der Waals surface area contributed by atoms with Crippen molar-refractivity contribution in [2.24, 2.45) is 0 Å². The maximum Gasteiger partial charge on any atom is 0.267 e. The Hall–Kier alpha value is -1.16. The molecule has 0 aliphatic rings. The zero-order valence-corrected chi connectivity index (χ0v) is 7.90. The van der Waals surface area contributed by atoms with Gasteiger partial charge in [-0.1, -0.05) is 6.92 Å². The van der Waals surface area contributed by atoms with E-state index in [2.05, 4.69) is 5.10 Å². The van der Waals surface area contributed by atoms with Crippen LogP contribution in [0.3, 0.4) is 0 Å². The lowest BCUT2D eigenvalue weighted by atomic mass is 10.3. The van der Waals surface area contributed by atoms with Crippen LogP contribution in [0.15, 0.2) is 17.1 Å². The molecule has 1 rings (SSSR count). The number of aliphatic hydroxyl groups is 1. The van der Waals surface area contributed by atoms with Crippen LogP contribution in [0.5, 0.6) is 0 Å². The molecule has 0 aromatic carbocycles. The highest BCUT2D eigenvalue weighted by Crippen LogP contribution is 1.93. The fourth-order valence-corrected chi connectivity index (χ4v) is 0.990. The summed E-state index contributed by atoms with van der Waals surface area (Å²) in [5, 5.41) is 13.2. The Morgan fingerprint density at radius 1 is 1.69 bits per heavy atom. The van der Waals surface area contributed by atoms with E-state index >= 15 is 0 Å². The van der Waals surface area contributed by atoms with Gasteiger partial charge in [0.05, 0.1) is 18.8 Å². The van der Waals surface area contributed by atoms with E-state index in [0.29, 0.717) is 6.42 Å². The molecule has 0 spiro atoms. The van der Waals surface area contributed by atoms with Gasteiger partial charge >= 0.3 is 0 Å². The van der Waals surface area contributed by atoms with Gasteiger partial charge in [0.15, 0.2) is 0 Å². The summed E-state index contributed by atoms with van der Waals surface area (Å²) in [6.07, 6.45) is 1.75. The van der Waals surface area contributed by atoms with Gasteiger partial charge in [0.2, 0.25) is 0 Å². The third-order valence-electron chi connectivity index (χ3n) is 1.86. The number of aliphatic hydroxyl groups excluding tert-OH is 1. The van der Waals surface area contributed by atoms with Crippen molar-refractivity contribution in [1.82, 2.24) is 9.78 Å². The smallest absolute Gasteiger partial charge is 0.267 e. The summed E-state index contributed by atoms with van der Waals surface area (Å²) in [6.45, 7) is 3.95. The molecule has 1 heterocycles. The third kappa shape index (κ3) is 2.66. The van der Waals surface area contributed by atoms with Gasteiger partial charge in [0, 0.05) is 6.07 Å².